The van der Waals surface area contributed by atoms with Gasteiger partial charge in [-0.1, -0.05) is 27.2 Å². The molecular weight excluding hydrogens is 212 g/mol. The maximum Gasteiger partial charge on any atom is 0.0593 e. The fourth-order valence-electron chi connectivity index (χ4n) is 2.94. The highest BCUT2D eigenvalue weighted by Gasteiger charge is 2.38. The van der Waals surface area contributed by atoms with Gasteiger partial charge < -0.3 is 10.5 Å². The van der Waals surface area contributed by atoms with Crippen LogP contribution in [0.4, 0.5) is 0 Å². The quantitative estimate of drug-likeness (QED) is 0.776. The minimum atomic E-state index is 0.169. The summed E-state index contributed by atoms with van der Waals surface area (Å²) < 4.78 is 5.85. The van der Waals surface area contributed by atoms with Crippen molar-refractivity contribution >= 4 is 0 Å². The molecule has 0 amide bonds. The van der Waals surface area contributed by atoms with Crippen molar-refractivity contribution in [3.8, 4) is 0 Å². The first kappa shape index (κ1) is 14.9. The summed E-state index contributed by atoms with van der Waals surface area (Å²) in [5.74, 6) is 0.691. The van der Waals surface area contributed by atoms with Crippen molar-refractivity contribution in [2.75, 3.05) is 26.7 Å². The number of ether oxygens (including phenoxy) is 1. The fraction of sp³-hybridized carbons (Fsp3) is 1.00. The lowest BCUT2D eigenvalue weighted by Gasteiger charge is -2.47. The average Bonchev–Trinajstić information content (AvgIpc) is 2.28. The minimum Gasteiger partial charge on any atom is -0.378 e. The third-order valence-corrected chi connectivity index (χ3v) is 3.97. The molecule has 0 radical (unpaired) electrons. The molecule has 2 unspecified atom stereocenters. The summed E-state index contributed by atoms with van der Waals surface area (Å²) in [4.78, 5) is 2.48. The topological polar surface area (TPSA) is 38.5 Å². The van der Waals surface area contributed by atoms with Gasteiger partial charge in [-0.2, -0.15) is 0 Å². The van der Waals surface area contributed by atoms with E-state index in [9.17, 15) is 0 Å². The van der Waals surface area contributed by atoms with E-state index in [1.807, 2.05) is 0 Å². The predicted octanol–water partition coefficient (Wildman–Crippen LogP) is 2.25. The first-order chi connectivity index (χ1) is 8.04. The summed E-state index contributed by atoms with van der Waals surface area (Å²) in [5.41, 5.74) is 6.25. The molecule has 1 saturated heterocycles. The van der Waals surface area contributed by atoms with Crippen molar-refractivity contribution in [1.82, 2.24) is 4.90 Å². The third-order valence-electron chi connectivity index (χ3n) is 3.97. The molecule has 3 nitrogen and oxygen atoms in total. The molecule has 1 aliphatic rings. The van der Waals surface area contributed by atoms with E-state index in [0.717, 1.165) is 39.0 Å². The lowest BCUT2D eigenvalue weighted by atomic mass is 9.83. The Labute approximate surface area is 107 Å². The molecule has 1 aliphatic heterocycles. The largest absolute Gasteiger partial charge is 0.378 e. The minimum absolute atomic E-state index is 0.169. The molecule has 1 fully saturated rings. The van der Waals surface area contributed by atoms with Crippen molar-refractivity contribution in [3.05, 3.63) is 0 Å². The monoisotopic (exact) mass is 242 g/mol. The second kappa shape index (κ2) is 6.72. The Bertz CT molecular complexity index is 218. The SMILES string of the molecule is CCCC1CC(CN)(N(C)CC(C)C)CCO1. The highest BCUT2D eigenvalue weighted by Crippen LogP contribution is 2.31. The van der Waals surface area contributed by atoms with Gasteiger partial charge in [-0.25, -0.2) is 0 Å². The van der Waals surface area contributed by atoms with Gasteiger partial charge in [0.05, 0.1) is 6.10 Å². The van der Waals surface area contributed by atoms with Crippen LogP contribution in [0.1, 0.15) is 46.5 Å². The summed E-state index contributed by atoms with van der Waals surface area (Å²) in [6.45, 7) is 9.49. The Morgan fingerprint density at radius 1 is 1.47 bits per heavy atom. The average molecular weight is 242 g/mol. The number of nitrogens with zero attached hydrogens (tertiary/aromatic N) is 1. The highest BCUT2D eigenvalue weighted by molar-refractivity contribution is 4.95. The normalized spacial score (nSPS) is 30.2. The molecular formula is C14H30N2O. The van der Waals surface area contributed by atoms with Gasteiger partial charge in [0.1, 0.15) is 0 Å². The second-order valence-electron chi connectivity index (χ2n) is 5.94. The fourth-order valence-corrected chi connectivity index (χ4v) is 2.94. The molecule has 2 atom stereocenters. The Morgan fingerprint density at radius 3 is 2.71 bits per heavy atom. The van der Waals surface area contributed by atoms with Crippen LogP contribution in [0.3, 0.4) is 0 Å². The van der Waals surface area contributed by atoms with E-state index in [1.165, 1.54) is 6.42 Å². The molecule has 0 aliphatic carbocycles. The van der Waals surface area contributed by atoms with Crippen molar-refractivity contribution in [2.45, 2.75) is 58.1 Å². The Balaban J connectivity index is 2.65. The molecule has 102 valence electrons. The van der Waals surface area contributed by atoms with E-state index in [1.54, 1.807) is 0 Å². The third kappa shape index (κ3) is 3.94. The van der Waals surface area contributed by atoms with E-state index in [0.29, 0.717) is 12.0 Å². The van der Waals surface area contributed by atoms with Crippen LogP contribution in [0, 0.1) is 5.92 Å². The van der Waals surface area contributed by atoms with E-state index < -0.39 is 0 Å². The van der Waals surface area contributed by atoms with Gasteiger partial charge in [0.15, 0.2) is 0 Å². The van der Waals surface area contributed by atoms with Crippen molar-refractivity contribution < 1.29 is 4.74 Å². The zero-order chi connectivity index (χ0) is 12.9. The van der Waals surface area contributed by atoms with Gasteiger partial charge in [0.2, 0.25) is 0 Å². The second-order valence-corrected chi connectivity index (χ2v) is 5.94. The molecule has 0 spiro atoms. The highest BCUT2D eigenvalue weighted by atomic mass is 16.5. The van der Waals surface area contributed by atoms with Gasteiger partial charge in [0, 0.05) is 25.2 Å². The van der Waals surface area contributed by atoms with E-state index in [2.05, 4.69) is 32.7 Å². The number of likely N-dealkylation sites (N-methyl/N-ethyl adjacent to an activating group) is 1. The van der Waals surface area contributed by atoms with Crippen LogP contribution in [0.25, 0.3) is 0 Å². The summed E-state index contributed by atoms with van der Waals surface area (Å²) in [6.07, 6.45) is 4.94. The molecule has 0 aromatic rings. The van der Waals surface area contributed by atoms with Gasteiger partial charge in [-0.05, 0) is 32.2 Å². The first-order valence-corrected chi connectivity index (χ1v) is 7.07. The lowest BCUT2D eigenvalue weighted by Crippen LogP contribution is -2.57. The number of nitrogens with two attached hydrogens (primary N) is 1. The molecule has 0 aromatic carbocycles. The van der Waals surface area contributed by atoms with Crippen LogP contribution >= 0.6 is 0 Å². The molecule has 3 heteroatoms. The summed E-state index contributed by atoms with van der Waals surface area (Å²) in [5, 5.41) is 0. The van der Waals surface area contributed by atoms with Crippen LogP contribution in [0.2, 0.25) is 0 Å². The molecule has 1 heterocycles. The Morgan fingerprint density at radius 2 is 2.18 bits per heavy atom. The van der Waals surface area contributed by atoms with Gasteiger partial charge >= 0.3 is 0 Å². The molecule has 2 N–H and O–H groups in total. The van der Waals surface area contributed by atoms with Crippen LogP contribution in [0.15, 0.2) is 0 Å². The Kier molecular flexibility index (Phi) is 5.90. The zero-order valence-electron chi connectivity index (χ0n) is 12.0. The maximum absolute atomic E-state index is 6.08. The van der Waals surface area contributed by atoms with Crippen LogP contribution in [0.5, 0.6) is 0 Å². The smallest absolute Gasteiger partial charge is 0.0593 e. The van der Waals surface area contributed by atoms with Gasteiger partial charge in [-0.15, -0.1) is 0 Å². The van der Waals surface area contributed by atoms with Crippen molar-refractivity contribution in [1.29, 1.82) is 0 Å². The van der Waals surface area contributed by atoms with Gasteiger partial charge in [-0.3, -0.25) is 4.90 Å². The summed E-state index contributed by atoms with van der Waals surface area (Å²) in [7, 11) is 2.22. The molecule has 0 bridgehead atoms. The number of rotatable bonds is 6. The Hall–Kier alpha value is -0.120. The number of hydrogen-bond donors (Lipinski definition) is 1. The van der Waals surface area contributed by atoms with E-state index >= 15 is 0 Å². The standard InChI is InChI=1S/C14H30N2O/c1-5-6-13-9-14(11-15,7-8-17-13)16(4)10-12(2)3/h12-13H,5-11,15H2,1-4H3. The zero-order valence-corrected chi connectivity index (χ0v) is 12.0. The van der Waals surface area contributed by atoms with E-state index in [4.69, 9.17) is 10.5 Å². The van der Waals surface area contributed by atoms with Crippen molar-refractivity contribution in [2.24, 2.45) is 11.7 Å². The molecule has 0 aromatic heterocycles. The van der Waals surface area contributed by atoms with Crippen molar-refractivity contribution in [3.63, 3.8) is 0 Å². The predicted molar refractivity (Wildman–Crippen MR) is 73.1 cm³/mol. The van der Waals surface area contributed by atoms with Gasteiger partial charge in [0.25, 0.3) is 0 Å². The summed E-state index contributed by atoms with van der Waals surface area (Å²) in [6, 6.07) is 0. The van der Waals surface area contributed by atoms with Crippen LogP contribution in [-0.2, 0) is 4.74 Å². The maximum atomic E-state index is 6.08. The summed E-state index contributed by atoms with van der Waals surface area (Å²) >= 11 is 0. The van der Waals surface area contributed by atoms with E-state index in [-0.39, 0.29) is 5.54 Å². The molecule has 1 rings (SSSR count). The van der Waals surface area contributed by atoms with Crippen LogP contribution < -0.4 is 5.73 Å². The number of hydrogen-bond acceptors (Lipinski definition) is 3. The molecule has 17 heavy (non-hydrogen) atoms. The lowest BCUT2D eigenvalue weighted by molar-refractivity contribution is -0.0690. The molecule has 0 saturated carbocycles. The first-order valence-electron chi connectivity index (χ1n) is 7.07. The van der Waals surface area contributed by atoms with Crippen LogP contribution in [-0.4, -0.2) is 43.3 Å².